The molecule has 140 valence electrons. The monoisotopic (exact) mass is 377 g/mol. The fraction of sp³-hybridized carbons (Fsp3) is 0.500. The zero-order chi connectivity index (χ0) is 18.4. The van der Waals surface area contributed by atoms with Crippen molar-refractivity contribution in [3.05, 3.63) is 35.2 Å². The minimum atomic E-state index is 0.430. The van der Waals surface area contributed by atoms with Crippen molar-refractivity contribution in [2.75, 3.05) is 33.4 Å². The highest BCUT2D eigenvalue weighted by molar-refractivity contribution is 6.30. The number of halogens is 1. The van der Waals surface area contributed by atoms with Crippen LogP contribution in [0.5, 0.6) is 0 Å². The smallest absolute Gasteiger partial charge is 0.246 e. The van der Waals surface area contributed by atoms with Gasteiger partial charge in [-0.3, -0.25) is 4.99 Å². The predicted molar refractivity (Wildman–Crippen MR) is 101 cm³/mol. The molecular formula is C18H24ClN5O2. The Morgan fingerprint density at radius 2 is 2.23 bits per heavy atom. The van der Waals surface area contributed by atoms with Crippen molar-refractivity contribution in [3.63, 3.8) is 0 Å². The van der Waals surface area contributed by atoms with E-state index in [1.54, 1.807) is 19.2 Å². The molecule has 2 heterocycles. The summed E-state index contributed by atoms with van der Waals surface area (Å²) in [6.07, 6.45) is 1.11. The minimum Gasteiger partial charge on any atom is -0.381 e. The van der Waals surface area contributed by atoms with Gasteiger partial charge in [0.1, 0.15) is 0 Å². The van der Waals surface area contributed by atoms with Crippen LogP contribution in [-0.2, 0) is 11.3 Å². The molecule has 1 aliphatic heterocycles. The molecule has 0 radical (unpaired) electrons. The van der Waals surface area contributed by atoms with Gasteiger partial charge in [-0.05, 0) is 37.6 Å². The van der Waals surface area contributed by atoms with Gasteiger partial charge in [0.15, 0.2) is 5.96 Å². The van der Waals surface area contributed by atoms with Crippen LogP contribution < -0.4 is 5.32 Å². The van der Waals surface area contributed by atoms with E-state index in [0.29, 0.717) is 29.2 Å². The number of hydrogen-bond acceptors (Lipinski definition) is 5. The van der Waals surface area contributed by atoms with Crippen LogP contribution in [0, 0.1) is 5.92 Å². The number of guanidine groups is 1. The molecule has 0 aliphatic carbocycles. The lowest BCUT2D eigenvalue weighted by Crippen LogP contribution is -2.39. The van der Waals surface area contributed by atoms with Crippen LogP contribution in [-0.4, -0.2) is 54.4 Å². The lowest BCUT2D eigenvalue weighted by atomic mass is 10.1. The second-order valence-corrected chi connectivity index (χ2v) is 6.62. The number of benzene rings is 1. The van der Waals surface area contributed by atoms with Gasteiger partial charge < -0.3 is 19.5 Å². The Labute approximate surface area is 158 Å². The van der Waals surface area contributed by atoms with Gasteiger partial charge in [-0.1, -0.05) is 16.8 Å². The molecule has 7 nitrogen and oxygen atoms in total. The van der Waals surface area contributed by atoms with E-state index in [0.717, 1.165) is 44.2 Å². The van der Waals surface area contributed by atoms with Gasteiger partial charge in [0.2, 0.25) is 11.7 Å². The number of rotatable bonds is 6. The summed E-state index contributed by atoms with van der Waals surface area (Å²) in [6.45, 7) is 5.93. The first-order valence-corrected chi connectivity index (χ1v) is 9.19. The first-order chi connectivity index (χ1) is 12.7. The van der Waals surface area contributed by atoms with E-state index in [2.05, 4.69) is 25.3 Å². The van der Waals surface area contributed by atoms with Crippen molar-refractivity contribution < 1.29 is 9.26 Å². The largest absolute Gasteiger partial charge is 0.381 e. The quantitative estimate of drug-likeness (QED) is 0.616. The first kappa shape index (κ1) is 18.7. The maximum absolute atomic E-state index is 5.91. The summed E-state index contributed by atoms with van der Waals surface area (Å²) in [7, 11) is 1.78. The summed E-state index contributed by atoms with van der Waals surface area (Å²) in [4.78, 5) is 11.0. The molecule has 1 unspecified atom stereocenters. The molecular weight excluding hydrogens is 354 g/mol. The minimum absolute atomic E-state index is 0.430. The molecule has 1 saturated heterocycles. The van der Waals surface area contributed by atoms with Crippen LogP contribution in [0.3, 0.4) is 0 Å². The molecule has 26 heavy (non-hydrogen) atoms. The van der Waals surface area contributed by atoms with Crippen LogP contribution in [0.1, 0.15) is 19.2 Å². The van der Waals surface area contributed by atoms with Gasteiger partial charge in [-0.25, -0.2) is 0 Å². The molecule has 0 spiro atoms. The maximum Gasteiger partial charge on any atom is 0.246 e. The maximum atomic E-state index is 5.91. The van der Waals surface area contributed by atoms with Crippen LogP contribution in [0.15, 0.2) is 33.8 Å². The van der Waals surface area contributed by atoms with Crippen molar-refractivity contribution in [1.82, 2.24) is 20.4 Å². The summed E-state index contributed by atoms with van der Waals surface area (Å²) in [5.41, 5.74) is 0.868. The lowest BCUT2D eigenvalue weighted by Gasteiger charge is -2.21. The summed E-state index contributed by atoms with van der Waals surface area (Å²) >= 11 is 5.91. The molecule has 2 aromatic rings. The first-order valence-electron chi connectivity index (χ1n) is 8.81. The van der Waals surface area contributed by atoms with Gasteiger partial charge in [0.05, 0.1) is 13.2 Å². The SMILES string of the molecule is CCOCC1CCN(C(=NC)NCc2nc(-c3ccc(Cl)cc3)no2)C1. The third-order valence-corrected chi connectivity index (χ3v) is 4.58. The second kappa shape index (κ2) is 9.00. The van der Waals surface area contributed by atoms with Crippen LogP contribution >= 0.6 is 11.6 Å². The van der Waals surface area contributed by atoms with Crippen molar-refractivity contribution in [1.29, 1.82) is 0 Å². The molecule has 1 fully saturated rings. The van der Waals surface area contributed by atoms with E-state index in [1.807, 2.05) is 19.1 Å². The number of nitrogens with zero attached hydrogens (tertiary/aromatic N) is 4. The molecule has 8 heteroatoms. The molecule has 0 bridgehead atoms. The fourth-order valence-electron chi connectivity index (χ4n) is 2.98. The highest BCUT2D eigenvalue weighted by atomic mass is 35.5. The Morgan fingerprint density at radius 1 is 1.42 bits per heavy atom. The Hall–Kier alpha value is -2.12. The molecule has 0 saturated carbocycles. The van der Waals surface area contributed by atoms with Crippen molar-refractivity contribution in [3.8, 4) is 11.4 Å². The van der Waals surface area contributed by atoms with E-state index in [9.17, 15) is 0 Å². The summed E-state index contributed by atoms with van der Waals surface area (Å²) in [5, 5.41) is 8.00. The van der Waals surface area contributed by atoms with E-state index in [4.69, 9.17) is 20.9 Å². The van der Waals surface area contributed by atoms with E-state index >= 15 is 0 Å². The normalized spacial score (nSPS) is 17.7. The molecule has 0 amide bonds. The average molecular weight is 378 g/mol. The van der Waals surface area contributed by atoms with Gasteiger partial charge in [0.25, 0.3) is 0 Å². The zero-order valence-corrected chi connectivity index (χ0v) is 15.9. The van der Waals surface area contributed by atoms with Gasteiger partial charge >= 0.3 is 0 Å². The third kappa shape index (κ3) is 4.74. The Balaban J connectivity index is 1.54. The van der Waals surface area contributed by atoms with E-state index in [1.165, 1.54) is 0 Å². The highest BCUT2D eigenvalue weighted by Gasteiger charge is 2.25. The van der Waals surface area contributed by atoms with Crippen LogP contribution in [0.25, 0.3) is 11.4 Å². The number of ether oxygens (including phenoxy) is 1. The van der Waals surface area contributed by atoms with E-state index in [-0.39, 0.29) is 0 Å². The van der Waals surface area contributed by atoms with Crippen molar-refractivity contribution >= 4 is 17.6 Å². The van der Waals surface area contributed by atoms with Gasteiger partial charge in [-0.2, -0.15) is 4.98 Å². The summed E-state index contributed by atoms with van der Waals surface area (Å²) < 4.78 is 10.9. The van der Waals surface area contributed by atoms with Crippen molar-refractivity contribution in [2.24, 2.45) is 10.9 Å². The van der Waals surface area contributed by atoms with Crippen LogP contribution in [0.2, 0.25) is 5.02 Å². The predicted octanol–water partition coefficient (Wildman–Crippen LogP) is 2.82. The number of likely N-dealkylation sites (tertiary alicyclic amines) is 1. The third-order valence-electron chi connectivity index (χ3n) is 4.32. The molecule has 1 aromatic carbocycles. The summed E-state index contributed by atoms with van der Waals surface area (Å²) in [5.74, 6) is 2.45. The Kier molecular flexibility index (Phi) is 6.46. The molecule has 3 rings (SSSR count). The molecule has 1 atom stereocenters. The van der Waals surface area contributed by atoms with Crippen molar-refractivity contribution in [2.45, 2.75) is 19.9 Å². The standard InChI is InChI=1S/C18H24ClN5O2/c1-3-25-12-13-8-9-24(11-13)18(20-2)21-10-16-22-17(23-26-16)14-4-6-15(19)7-5-14/h4-7,13H,3,8-12H2,1-2H3,(H,20,21). The number of aromatic nitrogens is 2. The molecule has 1 N–H and O–H groups in total. The Bertz CT molecular complexity index is 731. The lowest BCUT2D eigenvalue weighted by molar-refractivity contribution is 0.114. The fourth-order valence-corrected chi connectivity index (χ4v) is 3.10. The van der Waals surface area contributed by atoms with Gasteiger partial charge in [-0.15, -0.1) is 0 Å². The molecule has 1 aromatic heterocycles. The number of nitrogens with one attached hydrogen (secondary N) is 1. The Morgan fingerprint density at radius 3 is 2.96 bits per heavy atom. The molecule has 1 aliphatic rings. The number of hydrogen-bond donors (Lipinski definition) is 1. The second-order valence-electron chi connectivity index (χ2n) is 6.18. The number of aliphatic imine (C=N–C) groups is 1. The average Bonchev–Trinajstić information content (AvgIpc) is 3.31. The van der Waals surface area contributed by atoms with Gasteiger partial charge in [0, 0.05) is 43.2 Å². The van der Waals surface area contributed by atoms with E-state index < -0.39 is 0 Å². The zero-order valence-electron chi connectivity index (χ0n) is 15.1. The topological polar surface area (TPSA) is 75.8 Å². The highest BCUT2D eigenvalue weighted by Crippen LogP contribution is 2.19. The summed E-state index contributed by atoms with van der Waals surface area (Å²) in [6, 6.07) is 7.34. The van der Waals surface area contributed by atoms with Crippen LogP contribution in [0.4, 0.5) is 0 Å².